The first-order valence-electron chi connectivity index (χ1n) is 9.17. The molecule has 0 unspecified atom stereocenters. The lowest BCUT2D eigenvalue weighted by atomic mass is 10.2. The quantitative estimate of drug-likeness (QED) is 0.523. The van der Waals surface area contributed by atoms with Crippen LogP contribution < -0.4 is 0 Å². The van der Waals surface area contributed by atoms with Crippen molar-refractivity contribution in [3.05, 3.63) is 79.8 Å². The smallest absolute Gasteiger partial charge is 0.246 e. The minimum Gasteiger partial charge on any atom is -0.336 e. The first kappa shape index (κ1) is 22.7. The maximum Gasteiger partial charge on any atom is 0.246 e. The Balaban J connectivity index is 1.52. The van der Waals surface area contributed by atoms with Crippen LogP contribution in [0.25, 0.3) is 12.2 Å². The number of carbonyl (C=O) groups is 2. The molecule has 0 radical (unpaired) electrons. The third-order valence-corrected chi connectivity index (χ3v) is 6.11. The monoisotopic (exact) mass is 482 g/mol. The first-order chi connectivity index (χ1) is 14.3. The van der Waals surface area contributed by atoms with Gasteiger partial charge in [0.05, 0.1) is 20.1 Å². The molecule has 0 aliphatic carbocycles. The van der Waals surface area contributed by atoms with Gasteiger partial charge in [-0.2, -0.15) is 0 Å². The van der Waals surface area contributed by atoms with E-state index in [0.29, 0.717) is 46.3 Å². The van der Waals surface area contributed by atoms with E-state index in [1.54, 1.807) is 58.4 Å². The van der Waals surface area contributed by atoms with Crippen molar-refractivity contribution >= 4 is 70.4 Å². The van der Waals surface area contributed by atoms with Gasteiger partial charge in [-0.15, -0.1) is 0 Å². The summed E-state index contributed by atoms with van der Waals surface area (Å²) < 4.78 is 0. The summed E-state index contributed by atoms with van der Waals surface area (Å²) in [5.74, 6) is -0.223. The molecule has 30 heavy (non-hydrogen) atoms. The van der Waals surface area contributed by atoms with Crippen LogP contribution in [0.5, 0.6) is 0 Å². The second-order valence-electron chi connectivity index (χ2n) is 6.66. The molecule has 2 aromatic carbocycles. The molecular weight excluding hydrogens is 466 g/mol. The summed E-state index contributed by atoms with van der Waals surface area (Å²) >= 11 is 23.8. The molecule has 2 amide bonds. The summed E-state index contributed by atoms with van der Waals surface area (Å²) in [6, 6.07) is 10.3. The molecule has 0 saturated carbocycles. The maximum atomic E-state index is 12.4. The van der Waals surface area contributed by atoms with Gasteiger partial charge in [-0.05, 0) is 47.5 Å². The number of amides is 2. The molecule has 0 bridgehead atoms. The molecule has 8 heteroatoms. The van der Waals surface area contributed by atoms with Crippen molar-refractivity contribution in [2.45, 2.75) is 0 Å². The molecule has 2 aromatic rings. The Kier molecular flexibility index (Phi) is 7.84. The number of benzene rings is 2. The highest BCUT2D eigenvalue weighted by Crippen LogP contribution is 2.24. The van der Waals surface area contributed by atoms with E-state index in [9.17, 15) is 9.59 Å². The van der Waals surface area contributed by atoms with E-state index in [1.807, 2.05) is 0 Å². The predicted molar refractivity (Wildman–Crippen MR) is 124 cm³/mol. The van der Waals surface area contributed by atoms with Crippen LogP contribution >= 0.6 is 46.4 Å². The largest absolute Gasteiger partial charge is 0.336 e. The average molecular weight is 484 g/mol. The van der Waals surface area contributed by atoms with Crippen LogP contribution in [-0.4, -0.2) is 47.8 Å². The van der Waals surface area contributed by atoms with Gasteiger partial charge >= 0.3 is 0 Å². The van der Waals surface area contributed by atoms with E-state index in [1.165, 1.54) is 12.2 Å². The zero-order valence-electron chi connectivity index (χ0n) is 15.8. The summed E-state index contributed by atoms with van der Waals surface area (Å²) in [5.41, 5.74) is 1.58. The second-order valence-corrected chi connectivity index (χ2v) is 8.29. The van der Waals surface area contributed by atoms with Crippen LogP contribution in [0.3, 0.4) is 0 Å². The number of rotatable bonds is 4. The van der Waals surface area contributed by atoms with Crippen LogP contribution in [0, 0.1) is 0 Å². The van der Waals surface area contributed by atoms with Crippen LogP contribution in [-0.2, 0) is 9.59 Å². The van der Waals surface area contributed by atoms with Crippen molar-refractivity contribution in [2.24, 2.45) is 0 Å². The minimum atomic E-state index is -0.112. The zero-order valence-corrected chi connectivity index (χ0v) is 18.8. The van der Waals surface area contributed by atoms with E-state index in [4.69, 9.17) is 46.4 Å². The molecule has 1 saturated heterocycles. The lowest BCUT2D eigenvalue weighted by Crippen LogP contribution is -2.49. The lowest BCUT2D eigenvalue weighted by Gasteiger charge is -2.33. The second kappa shape index (κ2) is 10.4. The summed E-state index contributed by atoms with van der Waals surface area (Å²) in [7, 11) is 0. The van der Waals surface area contributed by atoms with Crippen molar-refractivity contribution in [1.29, 1.82) is 0 Å². The Morgan fingerprint density at radius 1 is 0.633 bits per heavy atom. The van der Waals surface area contributed by atoms with Gasteiger partial charge in [-0.3, -0.25) is 9.59 Å². The van der Waals surface area contributed by atoms with Crippen LogP contribution in [0.15, 0.2) is 48.6 Å². The number of hydrogen-bond donors (Lipinski definition) is 0. The number of hydrogen-bond acceptors (Lipinski definition) is 2. The molecule has 156 valence electrons. The molecule has 1 fully saturated rings. The average Bonchev–Trinajstić information content (AvgIpc) is 2.75. The predicted octanol–water partition coefficient (Wildman–Crippen LogP) is 5.70. The summed E-state index contributed by atoms with van der Waals surface area (Å²) in [6.45, 7) is 1.88. The highest BCUT2D eigenvalue weighted by molar-refractivity contribution is 6.42. The molecular formula is C22H18Cl4N2O2. The lowest BCUT2D eigenvalue weighted by molar-refractivity contribution is -0.133. The van der Waals surface area contributed by atoms with E-state index >= 15 is 0 Å². The third kappa shape index (κ3) is 6.02. The third-order valence-electron chi connectivity index (χ3n) is 4.63. The maximum absolute atomic E-state index is 12.4. The number of nitrogens with zero attached hydrogens (tertiary/aromatic N) is 2. The van der Waals surface area contributed by atoms with E-state index < -0.39 is 0 Å². The molecule has 0 aromatic heterocycles. The number of halogens is 4. The van der Waals surface area contributed by atoms with E-state index in [0.717, 1.165) is 11.1 Å². The number of carbonyl (C=O) groups excluding carboxylic acids is 2. The molecule has 0 atom stereocenters. The molecule has 1 aliphatic rings. The van der Waals surface area contributed by atoms with E-state index in [2.05, 4.69) is 0 Å². The summed E-state index contributed by atoms with van der Waals surface area (Å²) in [6.07, 6.45) is 6.40. The van der Waals surface area contributed by atoms with Crippen molar-refractivity contribution < 1.29 is 9.59 Å². The minimum absolute atomic E-state index is 0.112. The molecule has 1 aliphatic heterocycles. The fourth-order valence-corrected chi connectivity index (χ4v) is 3.54. The standard InChI is InChI=1S/C22H18Cl4N2O2/c23-17-5-1-15(13-19(17)25)3-7-21(29)27-9-11-28(12-10-27)22(30)8-4-16-2-6-18(24)20(26)14-16/h1-8,13-14H,9-12H2. The van der Waals surface area contributed by atoms with Gasteiger partial charge in [0.25, 0.3) is 0 Å². The molecule has 1 heterocycles. The fraction of sp³-hybridized carbons (Fsp3) is 0.182. The van der Waals surface area contributed by atoms with Gasteiger partial charge in [-0.1, -0.05) is 58.5 Å². The topological polar surface area (TPSA) is 40.6 Å². The Morgan fingerprint density at radius 3 is 1.33 bits per heavy atom. The first-order valence-corrected chi connectivity index (χ1v) is 10.7. The van der Waals surface area contributed by atoms with Gasteiger partial charge in [0, 0.05) is 38.3 Å². The van der Waals surface area contributed by atoms with Crippen molar-refractivity contribution in [1.82, 2.24) is 9.80 Å². The molecule has 3 rings (SSSR count). The Morgan fingerprint density at radius 2 is 1.00 bits per heavy atom. The van der Waals surface area contributed by atoms with Gasteiger partial charge in [0.2, 0.25) is 11.8 Å². The van der Waals surface area contributed by atoms with Crippen molar-refractivity contribution in [2.75, 3.05) is 26.2 Å². The highest BCUT2D eigenvalue weighted by Gasteiger charge is 2.21. The van der Waals surface area contributed by atoms with Crippen LogP contribution in [0.4, 0.5) is 0 Å². The summed E-state index contributed by atoms with van der Waals surface area (Å²) in [4.78, 5) is 28.2. The van der Waals surface area contributed by atoms with Gasteiger partial charge < -0.3 is 9.80 Å². The highest BCUT2D eigenvalue weighted by atomic mass is 35.5. The van der Waals surface area contributed by atoms with Crippen molar-refractivity contribution in [3.8, 4) is 0 Å². The van der Waals surface area contributed by atoms with Gasteiger partial charge in [-0.25, -0.2) is 0 Å². The summed E-state index contributed by atoms with van der Waals surface area (Å²) in [5, 5.41) is 1.81. The normalized spacial score (nSPS) is 14.7. The zero-order chi connectivity index (χ0) is 21.7. The van der Waals surface area contributed by atoms with Gasteiger partial charge in [0.1, 0.15) is 0 Å². The molecule has 4 nitrogen and oxygen atoms in total. The Bertz CT molecular complexity index is 931. The Labute approximate surface area is 195 Å². The SMILES string of the molecule is O=C(C=Cc1ccc(Cl)c(Cl)c1)N1CCN(C(=O)C=Cc2ccc(Cl)c(Cl)c2)CC1. The Hall–Kier alpha value is -1.98. The van der Waals surface area contributed by atoms with Gasteiger partial charge in [0.15, 0.2) is 0 Å². The van der Waals surface area contributed by atoms with Crippen LogP contribution in [0.1, 0.15) is 11.1 Å². The van der Waals surface area contributed by atoms with E-state index in [-0.39, 0.29) is 11.8 Å². The molecule has 0 N–H and O–H groups in total. The van der Waals surface area contributed by atoms with Crippen LogP contribution in [0.2, 0.25) is 20.1 Å². The van der Waals surface area contributed by atoms with Crippen molar-refractivity contribution in [3.63, 3.8) is 0 Å². The fourth-order valence-electron chi connectivity index (χ4n) is 2.93. The number of piperazine rings is 1. The molecule has 0 spiro atoms.